The van der Waals surface area contributed by atoms with Crippen LogP contribution in [0.3, 0.4) is 0 Å². The number of amides is 1. The lowest BCUT2D eigenvalue weighted by molar-refractivity contribution is -0.131. The van der Waals surface area contributed by atoms with E-state index in [1.807, 2.05) is 24.3 Å². The summed E-state index contributed by atoms with van der Waals surface area (Å²) in [5.41, 5.74) is 1.30. The number of allylic oxidation sites excluding steroid dienone is 1. The van der Waals surface area contributed by atoms with Crippen LogP contribution >= 0.6 is 11.6 Å². The van der Waals surface area contributed by atoms with Gasteiger partial charge in [-0.25, -0.2) is 0 Å². The van der Waals surface area contributed by atoms with Crippen LogP contribution in [0.25, 0.3) is 0 Å². The summed E-state index contributed by atoms with van der Waals surface area (Å²) in [5, 5.41) is 2.99. The molecule has 2 aliphatic heterocycles. The summed E-state index contributed by atoms with van der Waals surface area (Å²) in [6.45, 7) is 5.99. The number of carbonyl (C=O) groups excluding carboxylic acids is 3. The third-order valence-corrected chi connectivity index (χ3v) is 7.92. The fourth-order valence-electron chi connectivity index (χ4n) is 5.59. The van der Waals surface area contributed by atoms with E-state index in [1.165, 1.54) is 20.3 Å². The van der Waals surface area contributed by atoms with E-state index in [1.54, 1.807) is 6.92 Å². The number of methoxy groups -OCH3 is 2. The van der Waals surface area contributed by atoms with E-state index in [4.69, 9.17) is 25.8 Å². The van der Waals surface area contributed by atoms with Crippen LogP contribution < -0.4 is 19.5 Å². The SMILES string of the molecule is COc1cc(OC)c2c(c1Cl)OC1(C(=O)C3=C(CC1C)NC(=O)CC3c1ccc(C(C)C)cc1)C2=O. The van der Waals surface area contributed by atoms with Crippen molar-refractivity contribution in [3.63, 3.8) is 0 Å². The first kappa shape index (κ1) is 24.4. The fourth-order valence-corrected chi connectivity index (χ4v) is 5.85. The van der Waals surface area contributed by atoms with Gasteiger partial charge in [0, 0.05) is 35.6 Å². The number of hydrogen-bond acceptors (Lipinski definition) is 6. The van der Waals surface area contributed by atoms with Gasteiger partial charge in [0.1, 0.15) is 22.1 Å². The third kappa shape index (κ3) is 3.36. The highest BCUT2D eigenvalue weighted by atomic mass is 35.5. The number of ketones is 2. The van der Waals surface area contributed by atoms with Crippen molar-refractivity contribution in [2.75, 3.05) is 14.2 Å². The molecule has 3 unspecified atom stereocenters. The third-order valence-electron chi connectivity index (χ3n) is 7.56. The largest absolute Gasteiger partial charge is 0.496 e. The smallest absolute Gasteiger partial charge is 0.236 e. The number of Topliss-reactive ketones (excluding diaryl/α,β-unsaturated/α-hetero) is 2. The van der Waals surface area contributed by atoms with Gasteiger partial charge >= 0.3 is 0 Å². The van der Waals surface area contributed by atoms with Gasteiger partial charge in [-0.1, -0.05) is 56.6 Å². The van der Waals surface area contributed by atoms with E-state index in [0.717, 1.165) is 11.1 Å². The molecule has 1 amide bonds. The standard InChI is InChI=1S/C28H28ClNO6/c1-13(2)15-6-8-16(9-7-15)17-11-21(31)30-18-10-14(3)28(26(32)22(17)18)27(33)23-19(34-4)12-20(35-5)24(29)25(23)36-28/h6-9,12-14,17H,10-11H2,1-5H3,(H,30,31). The Balaban J connectivity index is 1.63. The van der Waals surface area contributed by atoms with Gasteiger partial charge < -0.3 is 19.5 Å². The van der Waals surface area contributed by atoms with Crippen molar-refractivity contribution in [2.24, 2.45) is 5.92 Å². The molecule has 3 atom stereocenters. The van der Waals surface area contributed by atoms with E-state index in [0.29, 0.717) is 23.6 Å². The van der Waals surface area contributed by atoms with Crippen molar-refractivity contribution in [3.05, 3.63) is 63.3 Å². The normalized spacial score (nSPS) is 25.0. The number of fused-ring (bicyclic) bond motifs is 1. The molecule has 3 aliphatic rings. The Labute approximate surface area is 214 Å². The predicted octanol–water partition coefficient (Wildman–Crippen LogP) is 4.96. The highest BCUT2D eigenvalue weighted by Crippen LogP contribution is 2.55. The number of rotatable bonds is 4. The van der Waals surface area contributed by atoms with Crippen LogP contribution in [0.5, 0.6) is 17.2 Å². The molecule has 0 saturated heterocycles. The average molecular weight is 510 g/mol. The molecule has 0 bridgehead atoms. The Morgan fingerprint density at radius 1 is 1.03 bits per heavy atom. The number of carbonyl (C=O) groups is 3. The van der Waals surface area contributed by atoms with Crippen LogP contribution in [0, 0.1) is 5.92 Å². The molecule has 1 aliphatic carbocycles. The molecular formula is C28H28ClNO6. The highest BCUT2D eigenvalue weighted by molar-refractivity contribution is 6.36. The Morgan fingerprint density at radius 2 is 1.69 bits per heavy atom. The zero-order chi connectivity index (χ0) is 25.9. The maximum atomic E-state index is 14.3. The summed E-state index contributed by atoms with van der Waals surface area (Å²) >= 11 is 6.53. The zero-order valence-corrected chi connectivity index (χ0v) is 21.6. The van der Waals surface area contributed by atoms with Crippen molar-refractivity contribution in [1.29, 1.82) is 0 Å². The summed E-state index contributed by atoms with van der Waals surface area (Å²) < 4.78 is 17.0. The van der Waals surface area contributed by atoms with E-state index in [9.17, 15) is 14.4 Å². The van der Waals surface area contributed by atoms with Crippen LogP contribution in [0.15, 0.2) is 41.6 Å². The molecular weight excluding hydrogens is 482 g/mol. The maximum absolute atomic E-state index is 14.3. The van der Waals surface area contributed by atoms with Gasteiger partial charge in [-0.05, 0) is 23.5 Å². The lowest BCUT2D eigenvalue weighted by Gasteiger charge is -2.41. The fraction of sp³-hybridized carbons (Fsp3) is 0.393. The zero-order valence-electron chi connectivity index (χ0n) is 20.9. The molecule has 7 nitrogen and oxygen atoms in total. The van der Waals surface area contributed by atoms with Gasteiger partial charge in [-0.2, -0.15) is 0 Å². The van der Waals surface area contributed by atoms with Gasteiger partial charge in [-0.3, -0.25) is 14.4 Å². The molecule has 5 rings (SSSR count). The van der Waals surface area contributed by atoms with Crippen molar-refractivity contribution in [2.45, 2.75) is 51.0 Å². The Morgan fingerprint density at radius 3 is 2.31 bits per heavy atom. The van der Waals surface area contributed by atoms with Crippen LogP contribution in [0.4, 0.5) is 0 Å². The number of hydrogen-bond donors (Lipinski definition) is 1. The average Bonchev–Trinajstić information content (AvgIpc) is 3.17. The first-order valence-electron chi connectivity index (χ1n) is 12.0. The lowest BCUT2D eigenvalue weighted by Crippen LogP contribution is -2.59. The maximum Gasteiger partial charge on any atom is 0.236 e. The number of halogens is 1. The molecule has 0 fully saturated rings. The van der Waals surface area contributed by atoms with E-state index < -0.39 is 29.0 Å². The Hall–Kier alpha value is -3.32. The molecule has 0 saturated carbocycles. The van der Waals surface area contributed by atoms with Crippen LogP contribution in [-0.2, 0) is 9.59 Å². The summed E-state index contributed by atoms with van der Waals surface area (Å²) in [4.78, 5) is 41.0. The Bertz CT molecular complexity index is 1330. The second-order valence-electron chi connectivity index (χ2n) is 9.92. The lowest BCUT2D eigenvalue weighted by atomic mass is 9.66. The summed E-state index contributed by atoms with van der Waals surface area (Å²) in [6.07, 6.45) is 0.402. The van der Waals surface area contributed by atoms with E-state index in [-0.39, 0.29) is 40.2 Å². The topological polar surface area (TPSA) is 90.9 Å². The van der Waals surface area contributed by atoms with Gasteiger partial charge in [0.15, 0.2) is 5.75 Å². The van der Waals surface area contributed by atoms with E-state index in [2.05, 4.69) is 19.2 Å². The van der Waals surface area contributed by atoms with Crippen molar-refractivity contribution in [1.82, 2.24) is 5.32 Å². The first-order valence-corrected chi connectivity index (χ1v) is 12.4. The molecule has 8 heteroatoms. The second-order valence-corrected chi connectivity index (χ2v) is 10.3. The molecule has 0 radical (unpaired) electrons. The van der Waals surface area contributed by atoms with Crippen LogP contribution in [0.2, 0.25) is 5.02 Å². The number of ether oxygens (including phenoxy) is 3. The van der Waals surface area contributed by atoms with E-state index >= 15 is 0 Å². The molecule has 2 aromatic rings. The van der Waals surface area contributed by atoms with Crippen molar-refractivity contribution < 1.29 is 28.6 Å². The molecule has 188 valence electrons. The molecule has 2 heterocycles. The molecule has 0 aromatic heterocycles. The Kier molecular flexibility index (Phi) is 5.86. The number of benzene rings is 2. The van der Waals surface area contributed by atoms with Gasteiger partial charge in [0.2, 0.25) is 23.1 Å². The number of nitrogens with one attached hydrogen (secondary N) is 1. The summed E-state index contributed by atoms with van der Waals surface area (Å²) in [5.74, 6) is -1.20. The summed E-state index contributed by atoms with van der Waals surface area (Å²) in [7, 11) is 2.88. The first-order chi connectivity index (χ1) is 17.1. The molecule has 36 heavy (non-hydrogen) atoms. The van der Waals surface area contributed by atoms with Gasteiger partial charge in [-0.15, -0.1) is 0 Å². The van der Waals surface area contributed by atoms with Gasteiger partial charge in [0.25, 0.3) is 0 Å². The predicted molar refractivity (Wildman–Crippen MR) is 134 cm³/mol. The molecule has 1 spiro atoms. The van der Waals surface area contributed by atoms with Gasteiger partial charge in [0.05, 0.1) is 14.2 Å². The molecule has 2 aromatic carbocycles. The highest BCUT2D eigenvalue weighted by Gasteiger charge is 2.63. The minimum Gasteiger partial charge on any atom is -0.496 e. The van der Waals surface area contributed by atoms with Crippen LogP contribution in [-0.4, -0.2) is 37.3 Å². The summed E-state index contributed by atoms with van der Waals surface area (Å²) in [6, 6.07) is 9.46. The molecule has 1 N–H and O–H groups in total. The quantitative estimate of drug-likeness (QED) is 0.586. The second kappa shape index (κ2) is 8.66. The minimum absolute atomic E-state index is 0.0831. The van der Waals surface area contributed by atoms with Crippen LogP contribution in [0.1, 0.15) is 66.9 Å². The minimum atomic E-state index is -1.80. The monoisotopic (exact) mass is 509 g/mol. The van der Waals surface area contributed by atoms with Crippen molar-refractivity contribution >= 4 is 29.1 Å². The van der Waals surface area contributed by atoms with Crippen molar-refractivity contribution in [3.8, 4) is 17.2 Å².